The van der Waals surface area contributed by atoms with Crippen LogP contribution in [0.4, 0.5) is 0 Å². The average Bonchev–Trinajstić information content (AvgIpc) is 3.48. The third-order valence-corrected chi connectivity index (χ3v) is 5.94. The molecule has 1 aromatic rings. The first kappa shape index (κ1) is 23.8. The van der Waals surface area contributed by atoms with E-state index >= 15 is 0 Å². The number of ketones is 1. The first-order valence-electron chi connectivity index (χ1n) is 11.4. The second-order valence-corrected chi connectivity index (χ2v) is 9.20. The van der Waals surface area contributed by atoms with Crippen LogP contribution in [-0.2, 0) is 16.1 Å². The normalized spacial score (nSPS) is 21.4. The smallest absolute Gasteiger partial charge is 0.384 e. The van der Waals surface area contributed by atoms with Crippen molar-refractivity contribution in [2.75, 3.05) is 0 Å². The van der Waals surface area contributed by atoms with E-state index in [0.717, 1.165) is 25.7 Å². The summed E-state index contributed by atoms with van der Waals surface area (Å²) >= 11 is 0. The SMILES string of the molecule is CC#CC(=O)N[C@H]1CCCC[C@H]1C(=O)N[C@@H](CC(C)C)C(=O)c1nn(CC2CC2)c(=O)o1. The van der Waals surface area contributed by atoms with E-state index in [0.29, 0.717) is 31.7 Å². The maximum absolute atomic E-state index is 13.1. The van der Waals surface area contributed by atoms with Gasteiger partial charge in [0, 0.05) is 6.04 Å². The Kier molecular flexibility index (Phi) is 7.89. The molecule has 0 spiro atoms. The number of hydrogen-bond donors (Lipinski definition) is 2. The number of rotatable bonds is 9. The zero-order valence-corrected chi connectivity index (χ0v) is 19.0. The molecule has 2 N–H and O–H groups in total. The molecule has 1 aromatic heterocycles. The van der Waals surface area contributed by atoms with E-state index in [-0.39, 0.29) is 23.8 Å². The third kappa shape index (κ3) is 6.31. The number of nitrogens with one attached hydrogen (secondary N) is 2. The molecule has 1 heterocycles. The van der Waals surface area contributed by atoms with Crippen LogP contribution in [0.15, 0.2) is 9.21 Å². The Morgan fingerprint density at radius 2 is 1.91 bits per heavy atom. The molecule has 9 heteroatoms. The number of aromatic nitrogens is 2. The van der Waals surface area contributed by atoms with E-state index in [9.17, 15) is 19.2 Å². The first-order valence-corrected chi connectivity index (χ1v) is 11.4. The lowest BCUT2D eigenvalue weighted by atomic mass is 9.83. The highest BCUT2D eigenvalue weighted by Gasteiger charge is 2.35. The molecule has 2 aliphatic rings. The minimum Gasteiger partial charge on any atom is -0.384 e. The molecule has 2 saturated carbocycles. The van der Waals surface area contributed by atoms with Gasteiger partial charge in [-0.2, -0.15) is 4.68 Å². The van der Waals surface area contributed by atoms with E-state index in [1.807, 2.05) is 13.8 Å². The molecule has 0 aromatic carbocycles. The van der Waals surface area contributed by atoms with Crippen molar-refractivity contribution in [2.24, 2.45) is 17.8 Å². The number of carbonyl (C=O) groups excluding carboxylic acids is 3. The Labute approximate surface area is 187 Å². The van der Waals surface area contributed by atoms with Crippen molar-refractivity contribution >= 4 is 17.6 Å². The quantitative estimate of drug-likeness (QED) is 0.441. The van der Waals surface area contributed by atoms with E-state index in [2.05, 4.69) is 27.6 Å². The predicted molar refractivity (Wildman–Crippen MR) is 117 cm³/mol. The molecule has 0 aliphatic heterocycles. The zero-order chi connectivity index (χ0) is 23.3. The highest BCUT2D eigenvalue weighted by Crippen LogP contribution is 2.30. The summed E-state index contributed by atoms with van der Waals surface area (Å²) < 4.78 is 6.31. The maximum Gasteiger partial charge on any atom is 0.437 e. The molecule has 3 atom stereocenters. The van der Waals surface area contributed by atoms with Gasteiger partial charge in [-0.3, -0.25) is 14.4 Å². The van der Waals surface area contributed by atoms with Gasteiger partial charge in [0.15, 0.2) is 0 Å². The molecule has 174 valence electrons. The molecular weight excluding hydrogens is 412 g/mol. The van der Waals surface area contributed by atoms with E-state index in [1.54, 1.807) is 6.92 Å². The number of amides is 2. The number of carbonyl (C=O) groups is 3. The molecule has 0 saturated heterocycles. The highest BCUT2D eigenvalue weighted by molar-refractivity contribution is 5.99. The van der Waals surface area contributed by atoms with Crippen LogP contribution < -0.4 is 16.4 Å². The van der Waals surface area contributed by atoms with Crippen LogP contribution in [0, 0.1) is 29.6 Å². The Morgan fingerprint density at radius 3 is 2.56 bits per heavy atom. The number of hydrogen-bond acceptors (Lipinski definition) is 6. The Bertz CT molecular complexity index is 963. The third-order valence-electron chi connectivity index (χ3n) is 5.94. The second kappa shape index (κ2) is 10.6. The van der Waals surface area contributed by atoms with Crippen molar-refractivity contribution in [3.8, 4) is 11.8 Å². The summed E-state index contributed by atoms with van der Waals surface area (Å²) in [5, 5.41) is 9.75. The van der Waals surface area contributed by atoms with Gasteiger partial charge in [-0.05, 0) is 56.8 Å². The molecule has 2 amide bonds. The molecule has 3 rings (SSSR count). The van der Waals surface area contributed by atoms with Crippen molar-refractivity contribution in [3.63, 3.8) is 0 Å². The predicted octanol–water partition coefficient (Wildman–Crippen LogP) is 1.66. The molecule has 2 aliphatic carbocycles. The summed E-state index contributed by atoms with van der Waals surface area (Å²) in [6.45, 7) is 5.92. The average molecular weight is 445 g/mol. The molecule has 0 bridgehead atoms. The van der Waals surface area contributed by atoms with Gasteiger partial charge in [0.1, 0.15) is 0 Å². The summed E-state index contributed by atoms with van der Waals surface area (Å²) in [6, 6.07) is -1.19. The van der Waals surface area contributed by atoms with Gasteiger partial charge in [-0.25, -0.2) is 4.79 Å². The van der Waals surface area contributed by atoms with Crippen LogP contribution in [0.3, 0.4) is 0 Å². The first-order chi connectivity index (χ1) is 15.3. The van der Waals surface area contributed by atoms with Crippen LogP contribution >= 0.6 is 0 Å². The standard InChI is InChI=1S/C23H32N4O5/c1-4-7-19(28)24-17-9-6-5-8-16(17)21(30)25-18(12-14(2)3)20(29)22-26-27(23(31)32-22)13-15-10-11-15/h14-18H,5-6,8-13H2,1-3H3,(H,24,28)(H,25,30)/t16-,17+,18+/m1/s1. The summed E-state index contributed by atoms with van der Waals surface area (Å²) in [4.78, 5) is 50.2. The van der Waals surface area contributed by atoms with Gasteiger partial charge in [0.05, 0.1) is 18.5 Å². The van der Waals surface area contributed by atoms with Gasteiger partial charge in [-0.15, -0.1) is 5.10 Å². The summed E-state index contributed by atoms with van der Waals surface area (Å²) in [7, 11) is 0. The summed E-state index contributed by atoms with van der Waals surface area (Å²) in [5.74, 6) is 2.95. The van der Waals surface area contributed by atoms with Gasteiger partial charge < -0.3 is 15.1 Å². The monoisotopic (exact) mass is 444 g/mol. The molecule has 9 nitrogen and oxygen atoms in total. The fraction of sp³-hybridized carbons (Fsp3) is 0.696. The molecular formula is C23H32N4O5. The Hall–Kier alpha value is -2.89. The zero-order valence-electron chi connectivity index (χ0n) is 19.0. The second-order valence-electron chi connectivity index (χ2n) is 9.20. The number of Topliss-reactive ketones (excluding diaryl/α,β-unsaturated/α-hetero) is 1. The van der Waals surface area contributed by atoms with Crippen molar-refractivity contribution in [2.45, 2.75) is 84.3 Å². The fourth-order valence-electron chi connectivity index (χ4n) is 4.13. The molecule has 32 heavy (non-hydrogen) atoms. The van der Waals surface area contributed by atoms with Crippen LogP contribution in [0.2, 0.25) is 0 Å². The van der Waals surface area contributed by atoms with Crippen LogP contribution in [-0.4, -0.2) is 39.5 Å². The van der Waals surface area contributed by atoms with E-state index in [4.69, 9.17) is 4.42 Å². The number of nitrogens with zero attached hydrogens (tertiary/aromatic N) is 2. The maximum atomic E-state index is 13.1. The Morgan fingerprint density at radius 1 is 1.19 bits per heavy atom. The van der Waals surface area contributed by atoms with Crippen LogP contribution in [0.25, 0.3) is 0 Å². The van der Waals surface area contributed by atoms with Crippen LogP contribution in [0.5, 0.6) is 0 Å². The van der Waals surface area contributed by atoms with Gasteiger partial charge in [-0.1, -0.05) is 32.6 Å². The van der Waals surface area contributed by atoms with Crippen molar-refractivity contribution < 1.29 is 18.8 Å². The van der Waals surface area contributed by atoms with E-state index in [1.165, 1.54) is 4.68 Å². The van der Waals surface area contributed by atoms with E-state index < -0.39 is 29.4 Å². The van der Waals surface area contributed by atoms with Gasteiger partial charge in [0.25, 0.3) is 11.8 Å². The van der Waals surface area contributed by atoms with Crippen molar-refractivity contribution in [1.82, 2.24) is 20.4 Å². The van der Waals surface area contributed by atoms with Crippen molar-refractivity contribution in [3.05, 3.63) is 16.4 Å². The fourth-order valence-corrected chi connectivity index (χ4v) is 4.13. The highest BCUT2D eigenvalue weighted by atomic mass is 16.4. The van der Waals surface area contributed by atoms with Crippen molar-refractivity contribution in [1.29, 1.82) is 0 Å². The molecule has 0 radical (unpaired) electrons. The summed E-state index contributed by atoms with van der Waals surface area (Å²) in [5.41, 5.74) is 0. The lowest BCUT2D eigenvalue weighted by Gasteiger charge is -2.32. The minimum absolute atomic E-state index is 0.117. The minimum atomic E-state index is -0.858. The summed E-state index contributed by atoms with van der Waals surface area (Å²) in [6.07, 6.45) is 5.53. The molecule has 2 fully saturated rings. The van der Waals surface area contributed by atoms with Crippen LogP contribution in [0.1, 0.15) is 76.4 Å². The largest absolute Gasteiger partial charge is 0.437 e. The van der Waals surface area contributed by atoms with Gasteiger partial charge >= 0.3 is 5.76 Å². The topological polar surface area (TPSA) is 123 Å². The Balaban J connectivity index is 1.72. The van der Waals surface area contributed by atoms with Gasteiger partial charge in [0.2, 0.25) is 11.7 Å². The lowest BCUT2D eigenvalue weighted by Crippen LogP contribution is -2.51. The molecule has 0 unspecified atom stereocenters. The lowest BCUT2D eigenvalue weighted by molar-refractivity contribution is -0.128.